The maximum atomic E-state index is 7.22. The summed E-state index contributed by atoms with van der Waals surface area (Å²) in [6.45, 7) is 30.5. The summed E-state index contributed by atoms with van der Waals surface area (Å²) in [6, 6.07) is 62.5. The number of nitrogens with zero attached hydrogens (tertiary/aromatic N) is 4. The van der Waals surface area contributed by atoms with E-state index in [0.29, 0.717) is 6.67 Å². The molecule has 360 valence electrons. The third-order valence-electron chi connectivity index (χ3n) is 15.2. The number of ether oxygens (including phenoxy) is 1. The van der Waals surface area contributed by atoms with E-state index in [1.54, 1.807) is 0 Å². The van der Waals surface area contributed by atoms with E-state index in [-0.39, 0.29) is 27.1 Å². The number of hydrogen-bond donors (Lipinski definition) is 0. The Morgan fingerprint density at radius 2 is 0.958 bits per heavy atom. The second-order valence-corrected chi connectivity index (χ2v) is 24.0. The van der Waals surface area contributed by atoms with Crippen LogP contribution in [0.1, 0.15) is 129 Å². The number of benzene rings is 7. The minimum Gasteiger partial charge on any atom is -0.457 e. The van der Waals surface area contributed by atoms with Gasteiger partial charge in [-0.05, 0) is 128 Å². The van der Waals surface area contributed by atoms with E-state index >= 15 is 0 Å². The molecule has 0 saturated heterocycles. The fourth-order valence-electron chi connectivity index (χ4n) is 10.4. The standard InChI is InChI=1S/C66H70N4O/c1-62(2,3)46-25-20-26-51(35-46)68-43-69(60-39-47(63(4,5)6)27-32-58(60)68)52-36-50(66(12,13)45-23-18-15-19-24-45)37-54(41-52)71-53-29-30-55-56-38-49(65(10,11)44-21-16-14-17-22-44)28-31-57(56)70(59(55)42-53)61-40-48(33-34-67-61)64(7,8)9/h14-42H,43H2,1-13H3. The number of rotatable bonds is 9. The largest absolute Gasteiger partial charge is 0.457 e. The fourth-order valence-corrected chi connectivity index (χ4v) is 10.4. The molecule has 0 atom stereocenters. The van der Waals surface area contributed by atoms with E-state index in [2.05, 4.69) is 274 Å². The minimum atomic E-state index is -0.336. The van der Waals surface area contributed by atoms with E-state index in [9.17, 15) is 0 Å². The van der Waals surface area contributed by atoms with Crippen molar-refractivity contribution in [3.63, 3.8) is 0 Å². The molecule has 1 aliphatic rings. The van der Waals surface area contributed by atoms with E-state index in [1.165, 1.54) is 61.4 Å². The SMILES string of the molecule is CC(C)(C)c1cccc(N2CN(c3cc(Oc4ccc5c6cc(C(C)(C)c7ccccc7)ccc6n(-c6cc(C(C)(C)C)ccn6)c5c4)cc(C(C)(C)c4ccccc4)c3)c3cc(C(C)(C)C)ccc32)c1. The van der Waals surface area contributed by atoms with Gasteiger partial charge in [-0.3, -0.25) is 4.57 Å². The zero-order chi connectivity index (χ0) is 50.3. The third kappa shape index (κ3) is 8.90. The summed E-state index contributed by atoms with van der Waals surface area (Å²) in [5, 5.41) is 2.34. The molecule has 5 heteroatoms. The monoisotopic (exact) mass is 935 g/mol. The Morgan fingerprint density at radius 3 is 1.62 bits per heavy atom. The van der Waals surface area contributed by atoms with Crippen LogP contribution in [0.25, 0.3) is 27.6 Å². The number of pyridine rings is 1. The molecular formula is C66H70N4O. The molecule has 0 radical (unpaired) electrons. The highest BCUT2D eigenvalue weighted by atomic mass is 16.5. The van der Waals surface area contributed by atoms with Crippen molar-refractivity contribution in [1.29, 1.82) is 0 Å². The van der Waals surface area contributed by atoms with Crippen molar-refractivity contribution in [1.82, 2.24) is 9.55 Å². The van der Waals surface area contributed by atoms with Crippen LogP contribution in [0, 0.1) is 0 Å². The maximum Gasteiger partial charge on any atom is 0.137 e. The number of aromatic nitrogens is 2. The van der Waals surface area contributed by atoms with Gasteiger partial charge in [0.05, 0.1) is 22.4 Å². The van der Waals surface area contributed by atoms with Crippen molar-refractivity contribution in [3.05, 3.63) is 215 Å². The van der Waals surface area contributed by atoms with Crippen molar-refractivity contribution >= 4 is 44.6 Å². The molecule has 71 heavy (non-hydrogen) atoms. The Balaban J connectivity index is 1.14. The lowest BCUT2D eigenvalue weighted by atomic mass is 9.78. The van der Waals surface area contributed by atoms with Crippen molar-refractivity contribution in [3.8, 4) is 17.3 Å². The van der Waals surface area contributed by atoms with E-state index < -0.39 is 0 Å². The lowest BCUT2D eigenvalue weighted by molar-refractivity contribution is 0.480. The van der Waals surface area contributed by atoms with Gasteiger partial charge >= 0.3 is 0 Å². The topological polar surface area (TPSA) is 33.5 Å². The van der Waals surface area contributed by atoms with Crippen LogP contribution < -0.4 is 14.5 Å². The van der Waals surface area contributed by atoms with Gasteiger partial charge in [-0.15, -0.1) is 0 Å². The van der Waals surface area contributed by atoms with Gasteiger partial charge in [0, 0.05) is 51.3 Å². The van der Waals surface area contributed by atoms with Crippen LogP contribution >= 0.6 is 0 Å². The molecule has 9 aromatic rings. The van der Waals surface area contributed by atoms with E-state index in [4.69, 9.17) is 9.72 Å². The lowest BCUT2D eigenvalue weighted by Gasteiger charge is -2.30. The summed E-state index contributed by atoms with van der Waals surface area (Å²) in [4.78, 5) is 10.00. The second-order valence-electron chi connectivity index (χ2n) is 24.0. The minimum absolute atomic E-state index is 0.0184. The van der Waals surface area contributed by atoms with Crippen molar-refractivity contribution in [2.45, 2.75) is 117 Å². The third-order valence-corrected chi connectivity index (χ3v) is 15.2. The highest BCUT2D eigenvalue weighted by molar-refractivity contribution is 6.10. The molecule has 0 fully saturated rings. The van der Waals surface area contributed by atoms with Crippen LogP contribution in [-0.4, -0.2) is 16.2 Å². The highest BCUT2D eigenvalue weighted by Gasteiger charge is 2.33. The molecule has 5 nitrogen and oxygen atoms in total. The predicted molar refractivity (Wildman–Crippen MR) is 300 cm³/mol. The normalized spacial score (nSPS) is 13.6. The van der Waals surface area contributed by atoms with Crippen molar-refractivity contribution < 1.29 is 4.74 Å². The maximum absolute atomic E-state index is 7.22. The van der Waals surface area contributed by atoms with Gasteiger partial charge in [-0.25, -0.2) is 4.98 Å². The van der Waals surface area contributed by atoms with E-state index in [0.717, 1.165) is 39.4 Å². The van der Waals surface area contributed by atoms with Crippen LogP contribution in [0.3, 0.4) is 0 Å². The second kappa shape index (κ2) is 17.3. The number of hydrogen-bond acceptors (Lipinski definition) is 4. The van der Waals surface area contributed by atoms with Crippen LogP contribution in [0.15, 0.2) is 176 Å². The Bertz CT molecular complexity index is 3430. The molecule has 0 amide bonds. The summed E-state index contributed by atoms with van der Waals surface area (Å²) in [6.07, 6.45) is 1.95. The van der Waals surface area contributed by atoms with Crippen LogP contribution in [-0.2, 0) is 27.1 Å². The quantitative estimate of drug-likeness (QED) is 0.144. The van der Waals surface area contributed by atoms with Crippen LogP contribution in [0.2, 0.25) is 0 Å². The molecular weight excluding hydrogens is 865 g/mol. The van der Waals surface area contributed by atoms with E-state index in [1.807, 2.05) is 6.20 Å². The number of anilines is 4. The molecule has 0 unspecified atom stereocenters. The molecule has 0 bridgehead atoms. The van der Waals surface area contributed by atoms with Gasteiger partial charge < -0.3 is 14.5 Å². The van der Waals surface area contributed by atoms with Gasteiger partial charge in [0.15, 0.2) is 0 Å². The fraction of sp³-hybridized carbons (Fsp3) is 0.288. The molecule has 2 aromatic heterocycles. The first-order valence-electron chi connectivity index (χ1n) is 25.4. The first-order valence-corrected chi connectivity index (χ1v) is 25.4. The van der Waals surface area contributed by atoms with Crippen LogP contribution in [0.4, 0.5) is 22.7 Å². The molecule has 3 heterocycles. The lowest BCUT2D eigenvalue weighted by Crippen LogP contribution is -2.25. The van der Waals surface area contributed by atoms with Gasteiger partial charge in [0.2, 0.25) is 0 Å². The van der Waals surface area contributed by atoms with Gasteiger partial charge in [0.25, 0.3) is 0 Å². The van der Waals surface area contributed by atoms with Crippen LogP contribution in [0.5, 0.6) is 11.5 Å². The number of fused-ring (bicyclic) bond motifs is 4. The Morgan fingerprint density at radius 1 is 0.380 bits per heavy atom. The van der Waals surface area contributed by atoms with Gasteiger partial charge in [-0.2, -0.15) is 0 Å². The summed E-state index contributed by atoms with van der Waals surface area (Å²) in [5.41, 5.74) is 15.0. The van der Waals surface area contributed by atoms with Gasteiger partial charge in [-0.1, -0.05) is 175 Å². The predicted octanol–water partition coefficient (Wildman–Crippen LogP) is 17.8. The Kier molecular flexibility index (Phi) is 11.6. The molecule has 10 rings (SSSR count). The van der Waals surface area contributed by atoms with Crippen molar-refractivity contribution in [2.24, 2.45) is 0 Å². The Hall–Kier alpha value is -7.11. The molecule has 0 spiro atoms. The first kappa shape index (κ1) is 47.6. The highest BCUT2D eigenvalue weighted by Crippen LogP contribution is 2.49. The van der Waals surface area contributed by atoms with Crippen molar-refractivity contribution in [2.75, 3.05) is 16.5 Å². The summed E-state index contributed by atoms with van der Waals surface area (Å²) in [7, 11) is 0. The first-order chi connectivity index (χ1) is 33.6. The molecule has 1 aliphatic heterocycles. The Labute approximate surface area is 422 Å². The zero-order valence-corrected chi connectivity index (χ0v) is 44.1. The molecule has 0 saturated carbocycles. The molecule has 0 aliphatic carbocycles. The zero-order valence-electron chi connectivity index (χ0n) is 44.1. The summed E-state index contributed by atoms with van der Waals surface area (Å²) in [5.74, 6) is 2.43. The summed E-state index contributed by atoms with van der Waals surface area (Å²) >= 11 is 0. The average molecular weight is 935 g/mol. The molecule has 0 N–H and O–H groups in total. The smallest absolute Gasteiger partial charge is 0.137 e. The molecule has 7 aromatic carbocycles. The average Bonchev–Trinajstić information content (AvgIpc) is 3.89. The van der Waals surface area contributed by atoms with Gasteiger partial charge in [0.1, 0.15) is 24.0 Å². The summed E-state index contributed by atoms with van der Waals surface area (Å²) < 4.78 is 9.54.